The minimum absolute atomic E-state index is 0.176. The maximum atomic E-state index is 8.87. The Balaban J connectivity index is 2.37. The molecule has 0 saturated heterocycles. The maximum absolute atomic E-state index is 8.87. The highest BCUT2D eigenvalue weighted by Gasteiger charge is 2.22. The number of amidine groups is 1. The molecule has 2 rings (SSSR count). The van der Waals surface area contributed by atoms with Crippen LogP contribution in [0.1, 0.15) is 36.8 Å². The molecule has 0 unspecified atom stereocenters. The maximum Gasteiger partial charge on any atom is 0.172 e. The van der Waals surface area contributed by atoms with Gasteiger partial charge in [-0.05, 0) is 37.5 Å². The van der Waals surface area contributed by atoms with Crippen molar-refractivity contribution in [1.29, 1.82) is 0 Å². The summed E-state index contributed by atoms with van der Waals surface area (Å²) in [4.78, 5) is 2.27. The van der Waals surface area contributed by atoms with Gasteiger partial charge in [0.1, 0.15) is 0 Å². The van der Waals surface area contributed by atoms with Crippen LogP contribution >= 0.6 is 0 Å². The third-order valence-electron chi connectivity index (χ3n) is 3.79. The SMILES string of the molecule is Cc1ccc(C(N)=NO)c(N(C)C2CCCC2)c1. The van der Waals surface area contributed by atoms with Gasteiger partial charge < -0.3 is 15.8 Å². The lowest BCUT2D eigenvalue weighted by atomic mass is 10.1. The predicted molar refractivity (Wildman–Crippen MR) is 74.3 cm³/mol. The fourth-order valence-corrected chi connectivity index (χ4v) is 2.69. The zero-order valence-corrected chi connectivity index (χ0v) is 11.1. The van der Waals surface area contributed by atoms with Gasteiger partial charge in [0.05, 0.1) is 0 Å². The van der Waals surface area contributed by atoms with Crippen LogP contribution in [0.2, 0.25) is 0 Å². The highest BCUT2D eigenvalue weighted by molar-refractivity contribution is 6.02. The number of nitrogens with two attached hydrogens (primary N) is 1. The Morgan fingerprint density at radius 1 is 1.39 bits per heavy atom. The van der Waals surface area contributed by atoms with E-state index in [4.69, 9.17) is 10.9 Å². The molecule has 4 heteroatoms. The summed E-state index contributed by atoms with van der Waals surface area (Å²) >= 11 is 0. The molecule has 0 heterocycles. The van der Waals surface area contributed by atoms with Gasteiger partial charge in [0.2, 0.25) is 0 Å². The van der Waals surface area contributed by atoms with Crippen molar-refractivity contribution in [3.63, 3.8) is 0 Å². The standard InChI is InChI=1S/C14H21N3O/c1-10-7-8-12(14(15)16-18)13(9-10)17(2)11-5-3-4-6-11/h7-9,11,18H,3-6H2,1-2H3,(H2,15,16). The van der Waals surface area contributed by atoms with E-state index in [0.29, 0.717) is 6.04 Å². The molecule has 0 atom stereocenters. The van der Waals surface area contributed by atoms with Gasteiger partial charge in [0.15, 0.2) is 5.84 Å². The monoisotopic (exact) mass is 247 g/mol. The second-order valence-corrected chi connectivity index (χ2v) is 5.06. The zero-order chi connectivity index (χ0) is 13.1. The second-order valence-electron chi connectivity index (χ2n) is 5.06. The van der Waals surface area contributed by atoms with E-state index in [0.717, 1.165) is 11.3 Å². The fraction of sp³-hybridized carbons (Fsp3) is 0.500. The van der Waals surface area contributed by atoms with Gasteiger partial charge >= 0.3 is 0 Å². The van der Waals surface area contributed by atoms with Crippen LogP contribution in [0.3, 0.4) is 0 Å². The average Bonchev–Trinajstić information content (AvgIpc) is 2.90. The number of oxime groups is 1. The molecule has 18 heavy (non-hydrogen) atoms. The number of rotatable bonds is 3. The van der Waals surface area contributed by atoms with Crippen LogP contribution in [-0.2, 0) is 0 Å². The Labute approximate surface area is 108 Å². The van der Waals surface area contributed by atoms with Crippen LogP contribution in [0.15, 0.2) is 23.4 Å². The molecule has 1 fully saturated rings. The van der Waals surface area contributed by atoms with Crippen LogP contribution in [0.5, 0.6) is 0 Å². The summed E-state index contributed by atoms with van der Waals surface area (Å²) in [6.45, 7) is 2.06. The largest absolute Gasteiger partial charge is 0.409 e. The Bertz CT molecular complexity index is 450. The van der Waals surface area contributed by atoms with Crippen molar-refractivity contribution in [3.8, 4) is 0 Å². The molecule has 0 amide bonds. The van der Waals surface area contributed by atoms with Crippen molar-refractivity contribution < 1.29 is 5.21 Å². The van der Waals surface area contributed by atoms with E-state index in [1.807, 2.05) is 12.1 Å². The highest BCUT2D eigenvalue weighted by atomic mass is 16.4. The minimum atomic E-state index is 0.176. The van der Waals surface area contributed by atoms with E-state index in [1.165, 1.54) is 31.2 Å². The van der Waals surface area contributed by atoms with Gasteiger partial charge in [-0.1, -0.05) is 24.1 Å². The first-order valence-electron chi connectivity index (χ1n) is 6.45. The number of nitrogens with zero attached hydrogens (tertiary/aromatic N) is 2. The van der Waals surface area contributed by atoms with Crippen molar-refractivity contribution >= 4 is 11.5 Å². The summed E-state index contributed by atoms with van der Waals surface area (Å²) in [5, 5.41) is 12.0. The molecule has 1 aromatic rings. The summed E-state index contributed by atoms with van der Waals surface area (Å²) in [6, 6.07) is 6.58. The van der Waals surface area contributed by atoms with Crippen LogP contribution in [0, 0.1) is 6.92 Å². The Hall–Kier alpha value is -1.71. The highest BCUT2D eigenvalue weighted by Crippen LogP contribution is 2.29. The van der Waals surface area contributed by atoms with Crippen LogP contribution in [0.25, 0.3) is 0 Å². The summed E-state index contributed by atoms with van der Waals surface area (Å²) < 4.78 is 0. The van der Waals surface area contributed by atoms with Crippen LogP contribution in [-0.4, -0.2) is 24.1 Å². The average molecular weight is 247 g/mol. The van der Waals surface area contributed by atoms with Gasteiger partial charge in [0.25, 0.3) is 0 Å². The third-order valence-corrected chi connectivity index (χ3v) is 3.79. The first-order valence-corrected chi connectivity index (χ1v) is 6.45. The second kappa shape index (κ2) is 5.29. The van der Waals surface area contributed by atoms with Crippen molar-refractivity contribution in [2.24, 2.45) is 10.9 Å². The molecular weight excluding hydrogens is 226 g/mol. The Kier molecular flexibility index (Phi) is 3.75. The summed E-state index contributed by atoms with van der Waals surface area (Å²) in [6.07, 6.45) is 5.03. The molecule has 1 aliphatic rings. The molecule has 1 saturated carbocycles. The first-order chi connectivity index (χ1) is 8.63. The van der Waals surface area contributed by atoms with Gasteiger partial charge in [-0.3, -0.25) is 0 Å². The van der Waals surface area contributed by atoms with E-state index in [-0.39, 0.29) is 5.84 Å². The molecule has 1 aromatic carbocycles. The predicted octanol–water partition coefficient (Wildman–Crippen LogP) is 2.47. The Morgan fingerprint density at radius 3 is 2.67 bits per heavy atom. The molecule has 1 aliphatic carbocycles. The zero-order valence-electron chi connectivity index (χ0n) is 11.1. The lowest BCUT2D eigenvalue weighted by Crippen LogP contribution is -2.31. The number of anilines is 1. The molecule has 3 N–H and O–H groups in total. The molecule has 0 aliphatic heterocycles. The molecule has 0 aromatic heterocycles. The molecule has 98 valence electrons. The number of aryl methyl sites for hydroxylation is 1. The third kappa shape index (κ3) is 2.42. The summed E-state index contributed by atoms with van der Waals surface area (Å²) in [5.41, 5.74) is 8.80. The normalized spacial score (nSPS) is 17.1. The molecule has 0 radical (unpaired) electrons. The summed E-state index contributed by atoms with van der Waals surface area (Å²) in [5.74, 6) is 0.176. The molecule has 0 bridgehead atoms. The van der Waals surface area contributed by atoms with Crippen LogP contribution < -0.4 is 10.6 Å². The smallest absolute Gasteiger partial charge is 0.172 e. The lowest BCUT2D eigenvalue weighted by molar-refractivity contribution is 0.318. The summed E-state index contributed by atoms with van der Waals surface area (Å²) in [7, 11) is 2.10. The molecule has 0 spiro atoms. The van der Waals surface area contributed by atoms with E-state index in [9.17, 15) is 0 Å². The van der Waals surface area contributed by atoms with Gasteiger partial charge in [-0.15, -0.1) is 0 Å². The number of hydrogen-bond donors (Lipinski definition) is 2. The Morgan fingerprint density at radius 2 is 2.06 bits per heavy atom. The van der Waals surface area contributed by atoms with E-state index in [2.05, 4.69) is 30.1 Å². The lowest BCUT2D eigenvalue weighted by Gasteiger charge is -2.28. The van der Waals surface area contributed by atoms with Gasteiger partial charge in [-0.2, -0.15) is 0 Å². The quantitative estimate of drug-likeness (QED) is 0.373. The van der Waals surface area contributed by atoms with Crippen LogP contribution in [0.4, 0.5) is 5.69 Å². The van der Waals surface area contributed by atoms with Crippen molar-refractivity contribution in [2.75, 3.05) is 11.9 Å². The van der Waals surface area contributed by atoms with Gasteiger partial charge in [-0.25, -0.2) is 0 Å². The van der Waals surface area contributed by atoms with E-state index in [1.54, 1.807) is 0 Å². The molecule has 4 nitrogen and oxygen atoms in total. The van der Waals surface area contributed by atoms with Crippen molar-refractivity contribution in [3.05, 3.63) is 29.3 Å². The van der Waals surface area contributed by atoms with E-state index < -0.39 is 0 Å². The van der Waals surface area contributed by atoms with Gasteiger partial charge in [0, 0.05) is 24.3 Å². The molecular formula is C14H21N3O. The fourth-order valence-electron chi connectivity index (χ4n) is 2.69. The van der Waals surface area contributed by atoms with Crippen molar-refractivity contribution in [1.82, 2.24) is 0 Å². The number of hydrogen-bond acceptors (Lipinski definition) is 3. The van der Waals surface area contributed by atoms with E-state index >= 15 is 0 Å². The van der Waals surface area contributed by atoms with Crippen molar-refractivity contribution in [2.45, 2.75) is 38.6 Å². The first kappa shape index (κ1) is 12.7. The topological polar surface area (TPSA) is 61.9 Å². The number of benzene rings is 1. The minimum Gasteiger partial charge on any atom is -0.409 e.